The molecule has 3 unspecified atom stereocenters. The number of ether oxygens (including phenoxy) is 1. The van der Waals surface area contributed by atoms with Crippen LogP contribution in [0.2, 0.25) is 0 Å². The minimum Gasteiger partial charge on any atom is -0.550 e. The minimum atomic E-state index is -1.06. The summed E-state index contributed by atoms with van der Waals surface area (Å²) < 4.78 is 5.05. The molecule has 0 heterocycles. The van der Waals surface area contributed by atoms with E-state index in [1.165, 1.54) is 6.08 Å². The molecule has 1 aliphatic carbocycles. The number of rotatable bonds is 5. The maximum atomic E-state index is 11.4. The third-order valence-electron chi connectivity index (χ3n) is 3.50. The summed E-state index contributed by atoms with van der Waals surface area (Å²) in [6.45, 7) is 7.44. The Hall–Kier alpha value is -1.32. The van der Waals surface area contributed by atoms with Crippen molar-refractivity contribution in [2.24, 2.45) is 17.3 Å². The monoisotopic (exact) mass is 239 g/mol. The van der Waals surface area contributed by atoms with Gasteiger partial charge in [-0.2, -0.15) is 0 Å². The van der Waals surface area contributed by atoms with Crippen LogP contribution in [-0.4, -0.2) is 18.0 Å². The highest BCUT2D eigenvalue weighted by atomic mass is 16.5. The fraction of sp³-hybridized carbons (Fsp3) is 0.692. The molecule has 4 nitrogen and oxygen atoms in total. The highest BCUT2D eigenvalue weighted by Crippen LogP contribution is 2.58. The van der Waals surface area contributed by atoms with Gasteiger partial charge in [-0.15, -0.1) is 0 Å². The molecule has 1 saturated carbocycles. The van der Waals surface area contributed by atoms with Crippen molar-refractivity contribution in [1.29, 1.82) is 0 Å². The maximum absolute atomic E-state index is 11.4. The van der Waals surface area contributed by atoms with Crippen LogP contribution in [0.4, 0.5) is 0 Å². The first kappa shape index (κ1) is 13.7. The molecule has 4 heteroatoms. The van der Waals surface area contributed by atoms with Crippen LogP contribution in [0.25, 0.3) is 0 Å². The largest absolute Gasteiger partial charge is 0.550 e. The van der Waals surface area contributed by atoms with E-state index in [9.17, 15) is 14.7 Å². The summed E-state index contributed by atoms with van der Waals surface area (Å²) >= 11 is 0. The van der Waals surface area contributed by atoms with Gasteiger partial charge in [0.25, 0.3) is 0 Å². The van der Waals surface area contributed by atoms with E-state index in [0.29, 0.717) is 0 Å². The van der Waals surface area contributed by atoms with Crippen LogP contribution < -0.4 is 5.11 Å². The zero-order chi connectivity index (χ0) is 13.2. The predicted molar refractivity (Wildman–Crippen MR) is 60.8 cm³/mol. The standard InChI is InChI=1S/C13H20O4/c1-5-8(2)17-10(14)7-6-9-11(12(15)16)13(9,3)4/h6-9,11H,5H2,1-4H3,(H,15,16)/p-1. The summed E-state index contributed by atoms with van der Waals surface area (Å²) in [6.07, 6.45) is 3.58. The summed E-state index contributed by atoms with van der Waals surface area (Å²) in [4.78, 5) is 22.2. The van der Waals surface area contributed by atoms with Gasteiger partial charge in [0.2, 0.25) is 0 Å². The van der Waals surface area contributed by atoms with E-state index in [0.717, 1.165) is 6.42 Å². The van der Waals surface area contributed by atoms with Crippen LogP contribution in [0, 0.1) is 17.3 Å². The van der Waals surface area contributed by atoms with E-state index in [1.54, 1.807) is 6.08 Å². The highest BCUT2D eigenvalue weighted by molar-refractivity contribution is 5.83. The Morgan fingerprint density at radius 3 is 2.47 bits per heavy atom. The molecule has 17 heavy (non-hydrogen) atoms. The second-order valence-corrected chi connectivity index (χ2v) is 5.16. The van der Waals surface area contributed by atoms with Crippen LogP contribution in [0.1, 0.15) is 34.1 Å². The normalized spacial score (nSPS) is 27.8. The van der Waals surface area contributed by atoms with Gasteiger partial charge in [-0.1, -0.05) is 26.8 Å². The number of carbonyl (C=O) groups excluding carboxylic acids is 2. The highest BCUT2D eigenvalue weighted by Gasteiger charge is 2.56. The molecule has 0 aromatic carbocycles. The summed E-state index contributed by atoms with van der Waals surface area (Å²) in [7, 11) is 0. The summed E-state index contributed by atoms with van der Waals surface area (Å²) in [6, 6.07) is 0. The lowest BCUT2D eigenvalue weighted by Crippen LogP contribution is -2.26. The van der Waals surface area contributed by atoms with Gasteiger partial charge in [0, 0.05) is 18.0 Å². The van der Waals surface area contributed by atoms with E-state index in [-0.39, 0.29) is 17.4 Å². The van der Waals surface area contributed by atoms with Gasteiger partial charge < -0.3 is 14.6 Å². The minimum absolute atomic E-state index is 0.115. The smallest absolute Gasteiger partial charge is 0.330 e. The van der Waals surface area contributed by atoms with Crippen LogP contribution in [0.5, 0.6) is 0 Å². The van der Waals surface area contributed by atoms with Crippen LogP contribution in [0.15, 0.2) is 12.2 Å². The molecule has 0 saturated heterocycles. The molecule has 0 N–H and O–H groups in total. The first-order valence-electron chi connectivity index (χ1n) is 5.90. The maximum Gasteiger partial charge on any atom is 0.330 e. The molecule has 0 aromatic heterocycles. The zero-order valence-corrected chi connectivity index (χ0v) is 10.7. The molecular formula is C13H19O4-. The van der Waals surface area contributed by atoms with Crippen molar-refractivity contribution >= 4 is 11.9 Å². The van der Waals surface area contributed by atoms with E-state index >= 15 is 0 Å². The molecule has 1 rings (SSSR count). The van der Waals surface area contributed by atoms with Gasteiger partial charge >= 0.3 is 5.97 Å². The molecule has 0 spiro atoms. The lowest BCUT2D eigenvalue weighted by Gasteiger charge is -2.07. The summed E-state index contributed by atoms with van der Waals surface area (Å²) in [5, 5.41) is 10.8. The van der Waals surface area contributed by atoms with Crippen molar-refractivity contribution in [1.82, 2.24) is 0 Å². The summed E-state index contributed by atoms with van der Waals surface area (Å²) in [5.74, 6) is -2.12. The number of carboxylic acid groups (broad SMARTS) is 1. The quantitative estimate of drug-likeness (QED) is 0.528. The number of allylic oxidation sites excluding steroid dienone is 1. The molecule has 0 aliphatic heterocycles. The number of hydrogen-bond donors (Lipinski definition) is 0. The van der Waals surface area contributed by atoms with E-state index in [4.69, 9.17) is 4.74 Å². The average Bonchev–Trinajstić information content (AvgIpc) is 2.77. The van der Waals surface area contributed by atoms with Gasteiger partial charge in [0.15, 0.2) is 0 Å². The molecule has 3 atom stereocenters. The third-order valence-corrected chi connectivity index (χ3v) is 3.50. The second kappa shape index (κ2) is 4.90. The Labute approximate surface area is 102 Å². The Morgan fingerprint density at radius 2 is 2.06 bits per heavy atom. The van der Waals surface area contributed by atoms with Gasteiger partial charge in [-0.05, 0) is 24.7 Å². The van der Waals surface area contributed by atoms with Crippen LogP contribution >= 0.6 is 0 Å². The molecule has 0 radical (unpaired) electrons. The number of esters is 1. The topological polar surface area (TPSA) is 66.4 Å². The Kier molecular flexibility index (Phi) is 3.96. The molecule has 1 fully saturated rings. The molecule has 96 valence electrons. The van der Waals surface area contributed by atoms with Crippen molar-refractivity contribution in [2.45, 2.75) is 40.2 Å². The molecule has 0 aromatic rings. The van der Waals surface area contributed by atoms with E-state index in [2.05, 4.69) is 0 Å². The van der Waals surface area contributed by atoms with E-state index in [1.807, 2.05) is 27.7 Å². The Bertz CT molecular complexity index is 343. The number of aliphatic carboxylic acids is 1. The second-order valence-electron chi connectivity index (χ2n) is 5.16. The Morgan fingerprint density at radius 1 is 1.47 bits per heavy atom. The van der Waals surface area contributed by atoms with Crippen molar-refractivity contribution in [3.8, 4) is 0 Å². The molecule has 1 aliphatic rings. The van der Waals surface area contributed by atoms with Crippen LogP contribution in [0.3, 0.4) is 0 Å². The molecule has 0 bridgehead atoms. The van der Waals surface area contributed by atoms with Crippen molar-refractivity contribution in [3.63, 3.8) is 0 Å². The number of hydrogen-bond acceptors (Lipinski definition) is 4. The predicted octanol–water partition coefficient (Wildman–Crippen LogP) is 0.906. The zero-order valence-electron chi connectivity index (χ0n) is 10.7. The fourth-order valence-electron chi connectivity index (χ4n) is 1.99. The third kappa shape index (κ3) is 3.08. The lowest BCUT2D eigenvalue weighted by atomic mass is 10.1. The first-order chi connectivity index (χ1) is 7.80. The summed E-state index contributed by atoms with van der Waals surface area (Å²) in [5.41, 5.74) is -0.327. The first-order valence-corrected chi connectivity index (χ1v) is 5.90. The number of carboxylic acids is 1. The number of carbonyl (C=O) groups is 2. The van der Waals surface area contributed by atoms with Crippen molar-refractivity contribution in [3.05, 3.63) is 12.2 Å². The van der Waals surface area contributed by atoms with Crippen LogP contribution in [-0.2, 0) is 14.3 Å². The fourth-order valence-corrected chi connectivity index (χ4v) is 1.99. The SMILES string of the molecule is CCC(C)OC(=O)C=CC1C(C(=O)[O-])C1(C)C. The average molecular weight is 239 g/mol. The molecule has 0 amide bonds. The van der Waals surface area contributed by atoms with Gasteiger partial charge in [0.05, 0.1) is 6.10 Å². The van der Waals surface area contributed by atoms with E-state index < -0.39 is 17.9 Å². The van der Waals surface area contributed by atoms with Crippen molar-refractivity contribution < 1.29 is 19.4 Å². The van der Waals surface area contributed by atoms with Gasteiger partial charge in [-0.25, -0.2) is 4.79 Å². The van der Waals surface area contributed by atoms with Gasteiger partial charge in [0.1, 0.15) is 0 Å². The van der Waals surface area contributed by atoms with Gasteiger partial charge in [-0.3, -0.25) is 0 Å². The lowest BCUT2D eigenvalue weighted by molar-refractivity contribution is -0.309. The van der Waals surface area contributed by atoms with Crippen molar-refractivity contribution in [2.75, 3.05) is 0 Å². The Balaban J connectivity index is 2.51. The molecular weight excluding hydrogens is 220 g/mol.